The number of carbonyl (C=O) groups excluding carboxylic acids is 2. The Kier molecular flexibility index (Phi) is 7.60. The fourth-order valence-electron chi connectivity index (χ4n) is 3.85. The quantitative estimate of drug-likeness (QED) is 0.418. The first-order chi connectivity index (χ1) is 15.6. The van der Waals surface area contributed by atoms with Crippen LogP contribution in [0.2, 0.25) is 0 Å². The molecule has 0 bridgehead atoms. The van der Waals surface area contributed by atoms with Crippen molar-refractivity contribution in [1.82, 2.24) is 4.90 Å². The number of ether oxygens (including phenoxy) is 1. The summed E-state index contributed by atoms with van der Waals surface area (Å²) >= 11 is 0. The summed E-state index contributed by atoms with van der Waals surface area (Å²) in [5.41, 5.74) is 0.504. The molecule has 1 unspecified atom stereocenters. The Morgan fingerprint density at radius 3 is 2.64 bits per heavy atom. The summed E-state index contributed by atoms with van der Waals surface area (Å²) in [4.78, 5) is 31.0. The van der Waals surface area contributed by atoms with Crippen molar-refractivity contribution in [2.75, 3.05) is 27.2 Å². The maximum Gasteiger partial charge on any atom is 0.419 e. The third kappa shape index (κ3) is 6.02. The molecule has 1 fully saturated rings. The van der Waals surface area contributed by atoms with Crippen LogP contribution in [0.1, 0.15) is 27.9 Å². The second kappa shape index (κ2) is 10.2. The molecule has 0 radical (unpaired) electrons. The van der Waals surface area contributed by atoms with Crippen LogP contribution in [0.15, 0.2) is 47.5 Å². The van der Waals surface area contributed by atoms with Crippen molar-refractivity contribution in [3.8, 4) is 0 Å². The second-order valence-corrected chi connectivity index (χ2v) is 7.73. The molecule has 1 heterocycles. The van der Waals surface area contributed by atoms with Crippen LogP contribution in [0.5, 0.6) is 0 Å². The average Bonchev–Trinajstić information content (AvgIpc) is 2.79. The van der Waals surface area contributed by atoms with Gasteiger partial charge >= 0.3 is 18.1 Å². The predicted molar refractivity (Wildman–Crippen MR) is 113 cm³/mol. The van der Waals surface area contributed by atoms with Gasteiger partial charge in [-0.15, -0.1) is 0 Å². The highest BCUT2D eigenvalue weighted by atomic mass is 19.4. The van der Waals surface area contributed by atoms with Gasteiger partial charge in [0.1, 0.15) is 17.4 Å². The molecule has 0 spiro atoms. The lowest BCUT2D eigenvalue weighted by Crippen LogP contribution is -2.85. The molecule has 1 aliphatic rings. The summed E-state index contributed by atoms with van der Waals surface area (Å²) in [7, 11) is 2.88. The van der Waals surface area contributed by atoms with Gasteiger partial charge in [0.15, 0.2) is 0 Å². The largest absolute Gasteiger partial charge is 0.465 e. The lowest BCUT2D eigenvalue weighted by atomic mass is 9.93. The summed E-state index contributed by atoms with van der Waals surface area (Å²) in [6, 6.07) is 9.45. The third-order valence-corrected chi connectivity index (χ3v) is 5.52. The van der Waals surface area contributed by atoms with Gasteiger partial charge in [0, 0.05) is 44.5 Å². The van der Waals surface area contributed by atoms with Gasteiger partial charge < -0.3 is 4.74 Å². The fourth-order valence-corrected chi connectivity index (χ4v) is 3.85. The van der Waals surface area contributed by atoms with Crippen LogP contribution in [0.3, 0.4) is 0 Å². The molecule has 176 valence electrons. The number of amides is 1. The molecular weight excluding hydrogens is 442 g/mol. The minimum atomic E-state index is -4.85. The van der Waals surface area contributed by atoms with E-state index in [2.05, 4.69) is 4.99 Å². The average molecular weight is 466 g/mol. The summed E-state index contributed by atoms with van der Waals surface area (Å²) in [6.07, 6.45) is -4.33. The molecule has 0 aliphatic carbocycles. The molecule has 1 saturated heterocycles. The number of nitrogens with zero attached hydrogens (tertiary/aromatic N) is 2. The fraction of sp³-hybridized carbons (Fsp3) is 0.348. The van der Waals surface area contributed by atoms with E-state index in [1.165, 1.54) is 7.11 Å². The molecule has 0 aromatic heterocycles. The van der Waals surface area contributed by atoms with Gasteiger partial charge in [0.25, 0.3) is 0 Å². The van der Waals surface area contributed by atoms with E-state index in [-0.39, 0.29) is 5.69 Å². The van der Waals surface area contributed by atoms with Gasteiger partial charge in [0.05, 0.1) is 18.2 Å². The number of likely N-dealkylation sites (tertiary alicyclic amines) is 1. The number of primary amides is 1. The van der Waals surface area contributed by atoms with E-state index in [0.29, 0.717) is 49.5 Å². The Morgan fingerprint density at radius 1 is 1.21 bits per heavy atom. The summed E-state index contributed by atoms with van der Waals surface area (Å²) in [5, 5.41) is 1.10. The first-order valence-corrected chi connectivity index (χ1v) is 10.2. The van der Waals surface area contributed by atoms with Crippen molar-refractivity contribution in [3.63, 3.8) is 0 Å². The summed E-state index contributed by atoms with van der Waals surface area (Å²) < 4.78 is 57.3. The number of aliphatic imine (C=N–C) groups is 1. The number of hydrogen-bond donors (Lipinski definition) is 1. The molecule has 6 nitrogen and oxygen atoms in total. The van der Waals surface area contributed by atoms with Crippen molar-refractivity contribution in [2.24, 2.45) is 10.9 Å². The molecule has 2 aromatic carbocycles. The number of methoxy groups -OCH3 is 1. The van der Waals surface area contributed by atoms with Crippen LogP contribution in [-0.2, 0) is 22.3 Å². The number of piperidine rings is 1. The minimum Gasteiger partial charge on any atom is -0.465 e. The number of halogens is 4. The zero-order valence-corrected chi connectivity index (χ0v) is 18.2. The molecular formula is C23H24F4N3O3+. The Balaban J connectivity index is 1.74. The Hall–Kier alpha value is -3.11. The number of carbonyl (C=O) groups is 2. The van der Waals surface area contributed by atoms with Crippen LogP contribution in [0.25, 0.3) is 0 Å². The number of rotatable bonds is 5. The Bertz CT molecular complexity index is 1070. The standard InChI is InChI=1S/C23H23F4N3O3/c1-28-20-8-9-30(12-14-4-3-5-15(10-14)22(32)33-2)13-17(20)21(31)29-16-6-7-19(24)18(11-16)23(25,26)27/h3-7,10-11,17H,8-9,12-13H2,1-2H3,(H,29,31)/p+1. The summed E-state index contributed by atoms with van der Waals surface area (Å²) in [5.74, 6) is -2.87. The van der Waals surface area contributed by atoms with Crippen molar-refractivity contribution in [1.29, 1.82) is 0 Å². The van der Waals surface area contributed by atoms with Gasteiger partial charge in [0.2, 0.25) is 0 Å². The first-order valence-electron chi connectivity index (χ1n) is 10.2. The van der Waals surface area contributed by atoms with Crippen molar-refractivity contribution >= 4 is 23.3 Å². The molecule has 1 amide bonds. The van der Waals surface area contributed by atoms with Crippen LogP contribution < -0.4 is 5.32 Å². The van der Waals surface area contributed by atoms with Gasteiger partial charge in [-0.3, -0.25) is 15.2 Å². The number of benzene rings is 2. The van der Waals surface area contributed by atoms with Crippen molar-refractivity contribution < 1.29 is 37.2 Å². The maximum atomic E-state index is 13.6. The predicted octanol–water partition coefficient (Wildman–Crippen LogP) is 2.95. The SMILES string of the molecule is CN=C1CCN(Cc2cccc(C(=O)OC)c2)CC1C(=O)[NH2+]c1ccc(F)c(C(F)(F)F)c1. The summed E-state index contributed by atoms with van der Waals surface area (Å²) in [6.45, 7) is 1.42. The molecule has 2 N–H and O–H groups in total. The smallest absolute Gasteiger partial charge is 0.419 e. The second-order valence-electron chi connectivity index (χ2n) is 7.73. The highest BCUT2D eigenvalue weighted by molar-refractivity contribution is 6.02. The van der Waals surface area contributed by atoms with Gasteiger partial charge in [-0.05, 0) is 30.2 Å². The topological polar surface area (TPSA) is 75.6 Å². The highest BCUT2D eigenvalue weighted by Crippen LogP contribution is 2.32. The van der Waals surface area contributed by atoms with E-state index in [1.54, 1.807) is 25.2 Å². The number of quaternary nitrogens is 1. The lowest BCUT2D eigenvalue weighted by molar-refractivity contribution is -0.486. The van der Waals surface area contributed by atoms with E-state index < -0.39 is 35.4 Å². The molecule has 10 heteroatoms. The molecule has 1 aliphatic heterocycles. The van der Waals surface area contributed by atoms with Gasteiger partial charge in [-0.2, -0.15) is 13.2 Å². The highest BCUT2D eigenvalue weighted by Gasteiger charge is 2.37. The number of esters is 1. The molecule has 2 aromatic rings. The molecule has 1 atom stereocenters. The maximum absolute atomic E-state index is 13.6. The molecule has 0 saturated carbocycles. The first kappa shape index (κ1) is 24.5. The number of hydrogen-bond acceptors (Lipinski definition) is 5. The van der Waals surface area contributed by atoms with E-state index >= 15 is 0 Å². The Morgan fingerprint density at radius 2 is 1.97 bits per heavy atom. The van der Waals surface area contributed by atoms with Crippen molar-refractivity contribution in [2.45, 2.75) is 19.1 Å². The van der Waals surface area contributed by atoms with Crippen LogP contribution >= 0.6 is 0 Å². The van der Waals surface area contributed by atoms with Gasteiger partial charge in [-0.1, -0.05) is 12.1 Å². The number of alkyl halides is 3. The van der Waals surface area contributed by atoms with E-state index in [0.717, 1.165) is 16.9 Å². The lowest BCUT2D eigenvalue weighted by Gasteiger charge is -2.32. The third-order valence-electron chi connectivity index (χ3n) is 5.52. The zero-order chi connectivity index (χ0) is 24.2. The van der Waals surface area contributed by atoms with E-state index in [1.807, 2.05) is 11.0 Å². The van der Waals surface area contributed by atoms with E-state index in [9.17, 15) is 27.2 Å². The minimum absolute atomic E-state index is 0.0212. The molecule has 33 heavy (non-hydrogen) atoms. The Labute approximate surface area is 188 Å². The zero-order valence-electron chi connectivity index (χ0n) is 18.2. The monoisotopic (exact) mass is 466 g/mol. The van der Waals surface area contributed by atoms with Crippen LogP contribution in [-0.4, -0.2) is 49.7 Å². The molecule has 3 rings (SSSR count). The van der Waals surface area contributed by atoms with Crippen LogP contribution in [0.4, 0.5) is 23.2 Å². The van der Waals surface area contributed by atoms with Gasteiger partial charge in [-0.25, -0.2) is 14.0 Å². The van der Waals surface area contributed by atoms with E-state index in [4.69, 9.17) is 4.74 Å². The van der Waals surface area contributed by atoms with Crippen LogP contribution in [0, 0.1) is 11.7 Å². The van der Waals surface area contributed by atoms with Crippen molar-refractivity contribution in [3.05, 3.63) is 65.0 Å². The normalized spacial score (nSPS) is 18.4. The number of nitrogens with two attached hydrogens (primary N) is 1.